The van der Waals surface area contributed by atoms with Crippen molar-refractivity contribution in [1.82, 2.24) is 0 Å². The second-order valence-corrected chi connectivity index (χ2v) is 4.18. The molecule has 0 aliphatic rings. The average molecular weight is 206 g/mol. The first kappa shape index (κ1) is 12.1. The predicted molar refractivity (Wildman–Crippen MR) is 65.5 cm³/mol. The van der Waals surface area contributed by atoms with Crippen LogP contribution in [-0.2, 0) is 0 Å². The van der Waals surface area contributed by atoms with Crippen LogP contribution in [0, 0.1) is 5.92 Å². The molecular weight excluding hydrogens is 184 g/mol. The first-order valence-electron chi connectivity index (χ1n) is 5.86. The molecule has 0 heterocycles. The summed E-state index contributed by atoms with van der Waals surface area (Å²) in [5, 5.41) is 0. The van der Waals surface area contributed by atoms with Crippen molar-refractivity contribution in [3.05, 3.63) is 29.8 Å². The van der Waals surface area contributed by atoms with Crippen molar-refractivity contribution in [2.24, 2.45) is 5.92 Å². The Bertz CT molecular complexity index is 293. The van der Waals surface area contributed by atoms with E-state index < -0.39 is 0 Å². The molecule has 0 bridgehead atoms. The molecule has 0 aromatic heterocycles. The van der Waals surface area contributed by atoms with E-state index in [1.54, 1.807) is 7.11 Å². The van der Waals surface area contributed by atoms with E-state index in [0.717, 1.165) is 11.7 Å². The Balaban J connectivity index is 2.91. The molecule has 0 aliphatic carbocycles. The molecule has 0 radical (unpaired) electrons. The Labute approximate surface area is 93.5 Å². The predicted octanol–water partition coefficient (Wildman–Crippen LogP) is 4.23. The fourth-order valence-corrected chi connectivity index (χ4v) is 2.12. The van der Waals surface area contributed by atoms with Crippen LogP contribution >= 0.6 is 0 Å². The van der Waals surface area contributed by atoms with Gasteiger partial charge in [0.25, 0.3) is 0 Å². The van der Waals surface area contributed by atoms with Gasteiger partial charge in [0, 0.05) is 0 Å². The van der Waals surface area contributed by atoms with Crippen LogP contribution in [0.1, 0.15) is 45.1 Å². The molecule has 84 valence electrons. The van der Waals surface area contributed by atoms with Gasteiger partial charge in [-0.25, -0.2) is 0 Å². The lowest BCUT2D eigenvalue weighted by atomic mass is 9.84. The van der Waals surface area contributed by atoms with Crippen molar-refractivity contribution in [3.63, 3.8) is 0 Å². The molecule has 0 unspecified atom stereocenters. The van der Waals surface area contributed by atoms with Crippen molar-refractivity contribution in [1.29, 1.82) is 0 Å². The fourth-order valence-electron chi connectivity index (χ4n) is 2.12. The van der Waals surface area contributed by atoms with Crippen molar-refractivity contribution >= 4 is 0 Å². The third kappa shape index (κ3) is 2.98. The Hall–Kier alpha value is -0.980. The standard InChI is InChI=1S/C14H22O/c1-5-11(3)14(6-2)12-8-7-9-13(10-12)15-4/h7-11,14H,5-6H2,1-4H3/t11-,14+/m0/s1. The fraction of sp³-hybridized carbons (Fsp3) is 0.571. The normalized spacial score (nSPS) is 14.7. The summed E-state index contributed by atoms with van der Waals surface area (Å²) in [6.07, 6.45) is 2.43. The second-order valence-electron chi connectivity index (χ2n) is 4.18. The lowest BCUT2D eigenvalue weighted by Gasteiger charge is -2.22. The third-order valence-corrected chi connectivity index (χ3v) is 3.29. The average Bonchev–Trinajstić information content (AvgIpc) is 2.30. The van der Waals surface area contributed by atoms with Gasteiger partial charge >= 0.3 is 0 Å². The minimum Gasteiger partial charge on any atom is -0.497 e. The van der Waals surface area contributed by atoms with E-state index in [2.05, 4.69) is 39.0 Å². The number of methoxy groups -OCH3 is 1. The second kappa shape index (κ2) is 5.79. The lowest BCUT2D eigenvalue weighted by Crippen LogP contribution is -2.08. The number of hydrogen-bond donors (Lipinski definition) is 0. The summed E-state index contributed by atoms with van der Waals surface area (Å²) >= 11 is 0. The van der Waals surface area contributed by atoms with Crippen molar-refractivity contribution in [2.75, 3.05) is 7.11 Å². The summed E-state index contributed by atoms with van der Waals surface area (Å²) in [4.78, 5) is 0. The third-order valence-electron chi connectivity index (χ3n) is 3.29. The molecule has 0 saturated heterocycles. The molecule has 0 N–H and O–H groups in total. The van der Waals surface area contributed by atoms with Gasteiger partial charge in [0.15, 0.2) is 0 Å². The quantitative estimate of drug-likeness (QED) is 0.700. The van der Waals surface area contributed by atoms with Gasteiger partial charge in [-0.3, -0.25) is 0 Å². The Morgan fingerprint density at radius 1 is 1.20 bits per heavy atom. The highest BCUT2D eigenvalue weighted by Gasteiger charge is 2.16. The van der Waals surface area contributed by atoms with E-state index in [9.17, 15) is 0 Å². The largest absolute Gasteiger partial charge is 0.497 e. The molecule has 1 aromatic rings. The smallest absolute Gasteiger partial charge is 0.119 e. The highest BCUT2D eigenvalue weighted by molar-refractivity contribution is 5.31. The topological polar surface area (TPSA) is 9.23 Å². The Morgan fingerprint density at radius 2 is 1.93 bits per heavy atom. The molecule has 2 atom stereocenters. The molecule has 0 saturated carbocycles. The highest BCUT2D eigenvalue weighted by atomic mass is 16.5. The SMILES string of the molecule is CC[C@H](C)[C@@H](CC)c1cccc(OC)c1. The molecule has 0 aliphatic heterocycles. The summed E-state index contributed by atoms with van der Waals surface area (Å²) in [5.74, 6) is 2.36. The van der Waals surface area contributed by atoms with E-state index in [4.69, 9.17) is 4.74 Å². The molecule has 0 fully saturated rings. The summed E-state index contributed by atoms with van der Waals surface area (Å²) < 4.78 is 5.26. The first-order chi connectivity index (χ1) is 7.22. The zero-order chi connectivity index (χ0) is 11.3. The molecule has 1 rings (SSSR count). The molecule has 0 spiro atoms. The van der Waals surface area contributed by atoms with E-state index in [-0.39, 0.29) is 0 Å². The van der Waals surface area contributed by atoms with Crippen LogP contribution in [0.25, 0.3) is 0 Å². The summed E-state index contributed by atoms with van der Waals surface area (Å²) in [6.45, 7) is 6.84. The van der Waals surface area contributed by atoms with Gasteiger partial charge in [-0.05, 0) is 36.0 Å². The van der Waals surface area contributed by atoms with Crippen molar-refractivity contribution in [3.8, 4) is 5.75 Å². The van der Waals surface area contributed by atoms with Crippen LogP contribution in [0.5, 0.6) is 5.75 Å². The number of rotatable bonds is 5. The van der Waals surface area contributed by atoms with Gasteiger partial charge in [0.2, 0.25) is 0 Å². The number of benzene rings is 1. The van der Waals surface area contributed by atoms with Gasteiger partial charge in [0.1, 0.15) is 5.75 Å². The van der Waals surface area contributed by atoms with Crippen LogP contribution in [0.15, 0.2) is 24.3 Å². The molecule has 0 amide bonds. The zero-order valence-electron chi connectivity index (χ0n) is 10.3. The maximum absolute atomic E-state index is 5.26. The van der Waals surface area contributed by atoms with Gasteiger partial charge in [-0.1, -0.05) is 39.3 Å². The number of hydrogen-bond acceptors (Lipinski definition) is 1. The molecule has 1 aromatic carbocycles. The van der Waals surface area contributed by atoms with Crippen LogP contribution < -0.4 is 4.74 Å². The van der Waals surface area contributed by atoms with Gasteiger partial charge < -0.3 is 4.74 Å². The molecule has 15 heavy (non-hydrogen) atoms. The van der Waals surface area contributed by atoms with Gasteiger partial charge in [0.05, 0.1) is 7.11 Å². The van der Waals surface area contributed by atoms with E-state index in [1.165, 1.54) is 18.4 Å². The minimum atomic E-state index is 0.657. The summed E-state index contributed by atoms with van der Waals surface area (Å²) in [7, 11) is 1.73. The van der Waals surface area contributed by atoms with Gasteiger partial charge in [-0.2, -0.15) is 0 Å². The first-order valence-corrected chi connectivity index (χ1v) is 5.86. The van der Waals surface area contributed by atoms with E-state index >= 15 is 0 Å². The van der Waals surface area contributed by atoms with Crippen LogP contribution in [0.4, 0.5) is 0 Å². The summed E-state index contributed by atoms with van der Waals surface area (Å²) in [5.41, 5.74) is 1.41. The maximum Gasteiger partial charge on any atom is 0.119 e. The van der Waals surface area contributed by atoms with Crippen molar-refractivity contribution < 1.29 is 4.74 Å². The Morgan fingerprint density at radius 3 is 2.47 bits per heavy atom. The van der Waals surface area contributed by atoms with Crippen molar-refractivity contribution in [2.45, 2.75) is 39.5 Å². The number of ether oxygens (including phenoxy) is 1. The Kier molecular flexibility index (Phi) is 4.67. The molecule has 1 nitrogen and oxygen atoms in total. The van der Waals surface area contributed by atoms with Crippen LogP contribution in [0.2, 0.25) is 0 Å². The lowest BCUT2D eigenvalue weighted by molar-refractivity contribution is 0.407. The van der Waals surface area contributed by atoms with E-state index in [1.807, 2.05) is 6.07 Å². The van der Waals surface area contributed by atoms with E-state index in [0.29, 0.717) is 5.92 Å². The maximum atomic E-state index is 5.26. The molecular formula is C14H22O. The summed E-state index contributed by atoms with van der Waals surface area (Å²) in [6, 6.07) is 8.47. The monoisotopic (exact) mass is 206 g/mol. The van der Waals surface area contributed by atoms with Gasteiger partial charge in [-0.15, -0.1) is 0 Å². The highest BCUT2D eigenvalue weighted by Crippen LogP contribution is 2.31. The van der Waals surface area contributed by atoms with Crippen LogP contribution in [-0.4, -0.2) is 7.11 Å². The minimum absolute atomic E-state index is 0.657. The zero-order valence-corrected chi connectivity index (χ0v) is 10.3. The molecule has 1 heteroatoms. The van der Waals surface area contributed by atoms with Crippen LogP contribution in [0.3, 0.4) is 0 Å².